The highest BCUT2D eigenvalue weighted by molar-refractivity contribution is 7.99. The average Bonchev–Trinajstić information content (AvgIpc) is 3.33. The highest BCUT2D eigenvalue weighted by Crippen LogP contribution is 2.26. The summed E-state index contributed by atoms with van der Waals surface area (Å²) < 4.78 is 1.55. The Labute approximate surface area is 147 Å². The normalized spacial score (nSPS) is 22.9. The van der Waals surface area contributed by atoms with Gasteiger partial charge in [0.05, 0.1) is 5.88 Å². The summed E-state index contributed by atoms with van der Waals surface area (Å²) in [6.45, 7) is 2.11. The molecule has 0 aliphatic carbocycles. The molecule has 7 nitrogen and oxygen atoms in total. The van der Waals surface area contributed by atoms with Gasteiger partial charge in [0.15, 0.2) is 5.16 Å². The average molecular weight is 366 g/mol. The summed E-state index contributed by atoms with van der Waals surface area (Å²) in [6.07, 6.45) is 3.41. The molecule has 0 bridgehead atoms. The maximum absolute atomic E-state index is 12.9. The second kappa shape index (κ2) is 6.44. The van der Waals surface area contributed by atoms with Crippen LogP contribution in [0.5, 0.6) is 0 Å². The van der Waals surface area contributed by atoms with Crippen LogP contribution in [0.15, 0.2) is 16.1 Å². The van der Waals surface area contributed by atoms with Crippen LogP contribution in [0.4, 0.5) is 0 Å². The topological polar surface area (TPSA) is 75.5 Å². The minimum atomic E-state index is -0.465. The van der Waals surface area contributed by atoms with Gasteiger partial charge in [-0.3, -0.25) is 19.0 Å². The Morgan fingerprint density at radius 2 is 2.00 bits per heavy atom. The van der Waals surface area contributed by atoms with E-state index >= 15 is 0 Å². The molecule has 1 atom stereocenters. The molecule has 0 aromatic carbocycles. The van der Waals surface area contributed by atoms with E-state index in [1.54, 1.807) is 21.2 Å². The quantitative estimate of drug-likeness (QED) is 0.709. The number of hydrogen-bond acceptors (Lipinski definition) is 6. The molecule has 1 aromatic rings. The van der Waals surface area contributed by atoms with Crippen molar-refractivity contribution in [2.24, 2.45) is 0 Å². The third-order valence-corrected chi connectivity index (χ3v) is 6.62. The molecule has 1 aromatic heterocycles. The largest absolute Gasteiger partial charge is 0.341 e. The standard InChI is InChI=1S/C15H18N4O3S2/c20-12-10(7-16-15-18(12)5-6-24-15)13(21)19-9-23-8-11(19)14(22)17-3-1-2-4-17/h7,11H,1-6,8-9H2. The summed E-state index contributed by atoms with van der Waals surface area (Å²) in [6, 6.07) is -0.465. The van der Waals surface area contributed by atoms with Gasteiger partial charge in [-0.25, -0.2) is 4.98 Å². The van der Waals surface area contributed by atoms with Crippen LogP contribution >= 0.6 is 23.5 Å². The first-order chi connectivity index (χ1) is 11.7. The van der Waals surface area contributed by atoms with E-state index in [1.807, 2.05) is 4.90 Å². The zero-order valence-corrected chi connectivity index (χ0v) is 14.8. The molecule has 0 saturated carbocycles. The van der Waals surface area contributed by atoms with Gasteiger partial charge in [0, 0.05) is 37.3 Å². The monoisotopic (exact) mass is 366 g/mol. The molecule has 3 aliphatic heterocycles. The fraction of sp³-hybridized carbons (Fsp3) is 0.600. The third kappa shape index (κ3) is 2.63. The molecule has 4 heterocycles. The van der Waals surface area contributed by atoms with E-state index < -0.39 is 6.04 Å². The van der Waals surface area contributed by atoms with Crippen molar-refractivity contribution < 1.29 is 9.59 Å². The Hall–Kier alpha value is -1.48. The molecule has 3 aliphatic rings. The second-order valence-electron chi connectivity index (χ2n) is 6.08. The molecule has 4 rings (SSSR count). The number of hydrogen-bond donors (Lipinski definition) is 0. The van der Waals surface area contributed by atoms with Crippen molar-refractivity contribution in [1.82, 2.24) is 19.4 Å². The van der Waals surface area contributed by atoms with Crippen LogP contribution in [-0.4, -0.2) is 67.7 Å². The summed E-state index contributed by atoms with van der Waals surface area (Å²) in [7, 11) is 0. The molecule has 128 valence electrons. The summed E-state index contributed by atoms with van der Waals surface area (Å²) in [5.74, 6) is 1.48. The highest BCUT2D eigenvalue weighted by Gasteiger charge is 2.39. The Bertz CT molecular complexity index is 745. The second-order valence-corrected chi connectivity index (χ2v) is 8.14. The van der Waals surface area contributed by atoms with Gasteiger partial charge in [-0.2, -0.15) is 0 Å². The fourth-order valence-electron chi connectivity index (χ4n) is 3.31. The number of thioether (sulfide) groups is 2. The number of likely N-dealkylation sites (tertiary alicyclic amines) is 1. The Morgan fingerprint density at radius 1 is 1.21 bits per heavy atom. The lowest BCUT2D eigenvalue weighted by Crippen LogP contribution is -2.49. The number of rotatable bonds is 2. The zero-order valence-electron chi connectivity index (χ0n) is 13.1. The van der Waals surface area contributed by atoms with Crippen LogP contribution in [0.3, 0.4) is 0 Å². The smallest absolute Gasteiger partial charge is 0.267 e. The van der Waals surface area contributed by atoms with Crippen molar-refractivity contribution in [2.45, 2.75) is 30.6 Å². The van der Waals surface area contributed by atoms with Gasteiger partial charge in [-0.15, -0.1) is 11.8 Å². The van der Waals surface area contributed by atoms with E-state index in [2.05, 4.69) is 4.98 Å². The van der Waals surface area contributed by atoms with Crippen molar-refractivity contribution in [3.63, 3.8) is 0 Å². The maximum Gasteiger partial charge on any atom is 0.267 e. The van der Waals surface area contributed by atoms with Gasteiger partial charge in [0.25, 0.3) is 11.5 Å². The van der Waals surface area contributed by atoms with Crippen LogP contribution in [0.2, 0.25) is 0 Å². The van der Waals surface area contributed by atoms with Crippen LogP contribution in [0, 0.1) is 0 Å². The molecule has 2 fully saturated rings. The lowest BCUT2D eigenvalue weighted by molar-refractivity contribution is -0.133. The molecule has 0 spiro atoms. The lowest BCUT2D eigenvalue weighted by Gasteiger charge is -2.26. The van der Waals surface area contributed by atoms with Gasteiger partial charge in [-0.1, -0.05) is 11.8 Å². The van der Waals surface area contributed by atoms with Gasteiger partial charge in [0.1, 0.15) is 11.6 Å². The molecule has 0 N–H and O–H groups in total. The summed E-state index contributed by atoms with van der Waals surface area (Å²) in [5, 5.41) is 0.664. The van der Waals surface area contributed by atoms with Crippen molar-refractivity contribution >= 4 is 35.3 Å². The molecule has 1 unspecified atom stereocenters. The summed E-state index contributed by atoms with van der Waals surface area (Å²) in [5.41, 5.74) is -0.220. The number of carbonyl (C=O) groups excluding carboxylic acids is 2. The van der Waals surface area contributed by atoms with E-state index in [4.69, 9.17) is 0 Å². The Balaban J connectivity index is 1.59. The first kappa shape index (κ1) is 16.0. The minimum Gasteiger partial charge on any atom is -0.341 e. The predicted molar refractivity (Wildman–Crippen MR) is 92.3 cm³/mol. The van der Waals surface area contributed by atoms with E-state index in [-0.39, 0.29) is 22.9 Å². The molecule has 2 saturated heterocycles. The van der Waals surface area contributed by atoms with Crippen molar-refractivity contribution in [3.05, 3.63) is 22.1 Å². The summed E-state index contributed by atoms with van der Waals surface area (Å²) >= 11 is 3.07. The van der Waals surface area contributed by atoms with E-state index in [1.165, 1.54) is 18.0 Å². The molecule has 24 heavy (non-hydrogen) atoms. The predicted octanol–water partition coefficient (Wildman–Crippen LogP) is 0.486. The number of aromatic nitrogens is 2. The lowest BCUT2D eigenvalue weighted by atomic mass is 10.2. The minimum absolute atomic E-state index is 0.00984. The fourth-order valence-corrected chi connectivity index (χ4v) is 5.37. The molecule has 9 heteroatoms. The van der Waals surface area contributed by atoms with E-state index in [0.717, 1.165) is 31.7 Å². The van der Waals surface area contributed by atoms with Crippen LogP contribution in [-0.2, 0) is 11.3 Å². The summed E-state index contributed by atoms with van der Waals surface area (Å²) in [4.78, 5) is 45.7. The van der Waals surface area contributed by atoms with Gasteiger partial charge < -0.3 is 9.80 Å². The SMILES string of the molecule is O=C(C1CSCN1C(=O)c1cnc2n(c1=O)CCS2)N1CCCC1. The van der Waals surface area contributed by atoms with Gasteiger partial charge in [-0.05, 0) is 12.8 Å². The molecular weight excluding hydrogens is 348 g/mol. The van der Waals surface area contributed by atoms with Crippen LogP contribution in [0.25, 0.3) is 0 Å². The van der Waals surface area contributed by atoms with Crippen LogP contribution in [0.1, 0.15) is 23.2 Å². The molecule has 0 radical (unpaired) electrons. The number of fused-ring (bicyclic) bond motifs is 1. The number of amides is 2. The van der Waals surface area contributed by atoms with Crippen molar-refractivity contribution in [3.8, 4) is 0 Å². The van der Waals surface area contributed by atoms with Gasteiger partial charge >= 0.3 is 0 Å². The van der Waals surface area contributed by atoms with Crippen molar-refractivity contribution in [1.29, 1.82) is 0 Å². The third-order valence-electron chi connectivity index (χ3n) is 4.63. The van der Waals surface area contributed by atoms with Gasteiger partial charge in [0.2, 0.25) is 5.91 Å². The number of carbonyl (C=O) groups is 2. The Kier molecular flexibility index (Phi) is 4.29. The maximum atomic E-state index is 12.9. The van der Waals surface area contributed by atoms with E-state index in [9.17, 15) is 14.4 Å². The highest BCUT2D eigenvalue weighted by atomic mass is 32.2. The first-order valence-electron chi connectivity index (χ1n) is 8.07. The van der Waals surface area contributed by atoms with Crippen molar-refractivity contribution in [2.75, 3.05) is 30.5 Å². The number of nitrogens with zero attached hydrogens (tertiary/aromatic N) is 4. The molecule has 2 amide bonds. The first-order valence-corrected chi connectivity index (χ1v) is 10.2. The molecular formula is C15H18N4O3S2. The van der Waals surface area contributed by atoms with Crippen LogP contribution < -0.4 is 5.56 Å². The van der Waals surface area contributed by atoms with E-state index in [0.29, 0.717) is 23.3 Å². The Morgan fingerprint density at radius 3 is 2.79 bits per heavy atom. The zero-order chi connectivity index (χ0) is 16.7.